The SMILES string of the molecule is Cc1ccc(N2CCc3ncnc(NCCc4ccc(C(F)(F)F)nc4)c3C2)nc1. The van der Waals surface area contributed by atoms with Gasteiger partial charge in [-0.3, -0.25) is 4.98 Å². The minimum atomic E-state index is -4.42. The van der Waals surface area contributed by atoms with E-state index in [2.05, 4.69) is 30.2 Å². The summed E-state index contributed by atoms with van der Waals surface area (Å²) in [6, 6.07) is 6.51. The van der Waals surface area contributed by atoms with Crippen LogP contribution in [0.5, 0.6) is 0 Å². The number of rotatable bonds is 5. The summed E-state index contributed by atoms with van der Waals surface area (Å²) in [5.41, 5.74) is 2.99. The number of anilines is 2. The predicted molar refractivity (Wildman–Crippen MR) is 107 cm³/mol. The number of aryl methyl sites for hydroxylation is 1. The van der Waals surface area contributed by atoms with Gasteiger partial charge in [0.15, 0.2) is 0 Å². The van der Waals surface area contributed by atoms with E-state index in [1.54, 1.807) is 6.33 Å². The third-order valence-electron chi connectivity index (χ3n) is 5.04. The van der Waals surface area contributed by atoms with Crippen LogP contribution in [0.4, 0.5) is 24.8 Å². The van der Waals surface area contributed by atoms with Crippen LogP contribution in [0.25, 0.3) is 0 Å². The highest BCUT2D eigenvalue weighted by atomic mass is 19.4. The number of nitrogens with zero attached hydrogens (tertiary/aromatic N) is 5. The second kappa shape index (κ2) is 8.25. The van der Waals surface area contributed by atoms with Gasteiger partial charge in [-0.2, -0.15) is 13.2 Å². The summed E-state index contributed by atoms with van der Waals surface area (Å²) in [5, 5.41) is 3.30. The largest absolute Gasteiger partial charge is 0.433 e. The van der Waals surface area contributed by atoms with Gasteiger partial charge in [0.05, 0.1) is 5.69 Å². The van der Waals surface area contributed by atoms with Crippen molar-refractivity contribution in [3.8, 4) is 0 Å². The van der Waals surface area contributed by atoms with E-state index in [0.717, 1.165) is 53.1 Å². The summed E-state index contributed by atoms with van der Waals surface area (Å²) in [5.74, 6) is 1.66. The van der Waals surface area contributed by atoms with E-state index in [9.17, 15) is 13.2 Å². The number of pyridine rings is 2. The molecule has 3 aromatic heterocycles. The molecule has 0 saturated carbocycles. The molecule has 0 fully saturated rings. The molecular weight excluding hydrogens is 393 g/mol. The maximum Gasteiger partial charge on any atom is 0.433 e. The van der Waals surface area contributed by atoms with E-state index in [1.165, 1.54) is 12.3 Å². The maximum absolute atomic E-state index is 12.6. The molecule has 0 atom stereocenters. The van der Waals surface area contributed by atoms with Crippen molar-refractivity contribution in [1.82, 2.24) is 19.9 Å². The fraction of sp³-hybridized carbons (Fsp3) is 0.333. The summed E-state index contributed by atoms with van der Waals surface area (Å²) >= 11 is 0. The Hall–Kier alpha value is -3.23. The fourth-order valence-corrected chi connectivity index (χ4v) is 3.40. The normalized spacial score (nSPS) is 13.8. The van der Waals surface area contributed by atoms with E-state index < -0.39 is 11.9 Å². The van der Waals surface area contributed by atoms with Crippen molar-refractivity contribution in [2.45, 2.75) is 32.5 Å². The van der Waals surface area contributed by atoms with Gasteiger partial charge in [0.2, 0.25) is 0 Å². The Labute approximate surface area is 172 Å². The Morgan fingerprint density at radius 2 is 1.90 bits per heavy atom. The zero-order chi connectivity index (χ0) is 21.1. The molecule has 0 saturated heterocycles. The molecule has 0 aliphatic carbocycles. The van der Waals surface area contributed by atoms with Crippen molar-refractivity contribution >= 4 is 11.6 Å². The summed E-state index contributed by atoms with van der Waals surface area (Å²) < 4.78 is 37.9. The van der Waals surface area contributed by atoms with Gasteiger partial charge in [-0.15, -0.1) is 0 Å². The van der Waals surface area contributed by atoms with Crippen LogP contribution in [0.2, 0.25) is 0 Å². The first-order valence-electron chi connectivity index (χ1n) is 9.66. The van der Waals surface area contributed by atoms with E-state index in [0.29, 0.717) is 19.5 Å². The standard InChI is InChI=1S/C21H21F3N6/c1-14-2-5-19(27-10-14)30-9-7-17-16(12-30)20(29-13-28-17)25-8-6-15-3-4-18(26-11-15)21(22,23)24/h2-5,10-11,13H,6-9,12H2,1H3,(H,25,28,29). The second-order valence-corrected chi connectivity index (χ2v) is 7.24. The molecule has 1 N–H and O–H groups in total. The van der Waals surface area contributed by atoms with Gasteiger partial charge in [0.25, 0.3) is 0 Å². The molecule has 4 heterocycles. The smallest absolute Gasteiger partial charge is 0.369 e. The van der Waals surface area contributed by atoms with Crippen LogP contribution in [0.15, 0.2) is 43.0 Å². The van der Waals surface area contributed by atoms with E-state index in [-0.39, 0.29) is 0 Å². The molecule has 0 bridgehead atoms. The molecule has 6 nitrogen and oxygen atoms in total. The van der Waals surface area contributed by atoms with Gasteiger partial charge in [-0.25, -0.2) is 15.0 Å². The summed E-state index contributed by atoms with van der Waals surface area (Å²) in [4.78, 5) is 19.0. The van der Waals surface area contributed by atoms with Crippen LogP contribution in [0.3, 0.4) is 0 Å². The van der Waals surface area contributed by atoms with E-state index in [4.69, 9.17) is 0 Å². The Morgan fingerprint density at radius 3 is 2.60 bits per heavy atom. The highest BCUT2D eigenvalue weighted by Gasteiger charge is 2.32. The van der Waals surface area contributed by atoms with Gasteiger partial charge in [-0.05, 0) is 36.6 Å². The average Bonchev–Trinajstić information content (AvgIpc) is 2.74. The first-order chi connectivity index (χ1) is 14.4. The summed E-state index contributed by atoms with van der Waals surface area (Å²) in [7, 11) is 0. The van der Waals surface area contributed by atoms with Crippen LogP contribution in [-0.2, 0) is 25.6 Å². The monoisotopic (exact) mass is 414 g/mol. The zero-order valence-electron chi connectivity index (χ0n) is 16.4. The van der Waals surface area contributed by atoms with Gasteiger partial charge in [-0.1, -0.05) is 12.1 Å². The molecule has 4 rings (SSSR count). The number of hydrogen-bond donors (Lipinski definition) is 1. The molecule has 0 aromatic carbocycles. The molecule has 0 amide bonds. The van der Waals surface area contributed by atoms with Crippen LogP contribution in [-0.4, -0.2) is 33.0 Å². The van der Waals surface area contributed by atoms with Crippen LogP contribution in [0.1, 0.15) is 28.1 Å². The number of nitrogens with one attached hydrogen (secondary N) is 1. The third kappa shape index (κ3) is 4.50. The molecule has 1 aliphatic heterocycles. The van der Waals surface area contributed by atoms with Crippen molar-refractivity contribution < 1.29 is 13.2 Å². The quantitative estimate of drug-likeness (QED) is 0.685. The highest BCUT2D eigenvalue weighted by molar-refractivity contribution is 5.52. The minimum absolute atomic E-state index is 0.527. The lowest BCUT2D eigenvalue weighted by Gasteiger charge is -2.30. The Kier molecular flexibility index (Phi) is 5.52. The highest BCUT2D eigenvalue weighted by Crippen LogP contribution is 2.28. The van der Waals surface area contributed by atoms with Gasteiger partial charge in [0, 0.05) is 44.0 Å². The second-order valence-electron chi connectivity index (χ2n) is 7.24. The first-order valence-corrected chi connectivity index (χ1v) is 9.66. The molecule has 3 aromatic rings. The molecule has 1 aliphatic rings. The number of halogens is 3. The topological polar surface area (TPSA) is 66.8 Å². The summed E-state index contributed by atoms with van der Waals surface area (Å²) in [6.07, 6.45) is 1.57. The van der Waals surface area contributed by atoms with Gasteiger partial charge >= 0.3 is 6.18 Å². The van der Waals surface area contributed by atoms with Crippen LogP contribution in [0, 0.1) is 6.92 Å². The lowest BCUT2D eigenvalue weighted by molar-refractivity contribution is -0.141. The minimum Gasteiger partial charge on any atom is -0.369 e. The fourth-order valence-electron chi connectivity index (χ4n) is 3.40. The Morgan fingerprint density at radius 1 is 1.03 bits per heavy atom. The number of alkyl halides is 3. The van der Waals surface area contributed by atoms with Crippen LogP contribution >= 0.6 is 0 Å². The molecule has 0 radical (unpaired) electrons. The number of fused-ring (bicyclic) bond motifs is 1. The van der Waals surface area contributed by atoms with Crippen molar-refractivity contribution in [2.75, 3.05) is 23.3 Å². The third-order valence-corrected chi connectivity index (χ3v) is 5.04. The zero-order valence-corrected chi connectivity index (χ0v) is 16.4. The molecule has 0 unspecified atom stereocenters. The lowest BCUT2D eigenvalue weighted by Crippen LogP contribution is -2.32. The number of aromatic nitrogens is 4. The van der Waals surface area contributed by atoms with Crippen molar-refractivity contribution in [1.29, 1.82) is 0 Å². The Bertz CT molecular complexity index is 1000. The van der Waals surface area contributed by atoms with Gasteiger partial charge in [0.1, 0.15) is 23.7 Å². The molecular formula is C21H21F3N6. The maximum atomic E-state index is 12.6. The van der Waals surface area contributed by atoms with E-state index >= 15 is 0 Å². The van der Waals surface area contributed by atoms with Crippen LogP contribution < -0.4 is 10.2 Å². The average molecular weight is 414 g/mol. The molecule has 0 spiro atoms. The first kappa shape index (κ1) is 20.1. The Balaban J connectivity index is 1.42. The van der Waals surface area contributed by atoms with E-state index in [1.807, 2.05) is 25.3 Å². The number of hydrogen-bond acceptors (Lipinski definition) is 6. The molecule has 156 valence electrons. The van der Waals surface area contributed by atoms with Crippen molar-refractivity contribution in [3.63, 3.8) is 0 Å². The predicted octanol–water partition coefficient (Wildman–Crippen LogP) is 3.81. The van der Waals surface area contributed by atoms with Gasteiger partial charge < -0.3 is 10.2 Å². The lowest BCUT2D eigenvalue weighted by atomic mass is 10.1. The van der Waals surface area contributed by atoms with Crippen molar-refractivity contribution in [3.05, 3.63) is 71.1 Å². The molecule has 30 heavy (non-hydrogen) atoms. The summed E-state index contributed by atoms with van der Waals surface area (Å²) in [6.45, 7) is 4.01. The molecule has 9 heteroatoms. The van der Waals surface area contributed by atoms with Crippen molar-refractivity contribution in [2.24, 2.45) is 0 Å².